The van der Waals surface area contributed by atoms with Crippen molar-refractivity contribution in [1.29, 1.82) is 0 Å². The van der Waals surface area contributed by atoms with Crippen LogP contribution in [0, 0.1) is 0 Å². The third kappa shape index (κ3) is 4.22. The number of aromatic nitrogens is 6. The van der Waals surface area contributed by atoms with Gasteiger partial charge in [-0.2, -0.15) is 5.10 Å². The molecule has 1 fully saturated rings. The zero-order valence-electron chi connectivity index (χ0n) is 13.6. The first kappa shape index (κ1) is 15.8. The van der Waals surface area contributed by atoms with E-state index < -0.39 is 0 Å². The maximum Gasteiger partial charge on any atom is 0.165 e. The fraction of sp³-hybridized carbons (Fsp3) is 0.667. The summed E-state index contributed by atoms with van der Waals surface area (Å²) in [5.41, 5.74) is 0. The van der Waals surface area contributed by atoms with Crippen LogP contribution in [0.5, 0.6) is 0 Å². The molecule has 1 aliphatic rings. The molecule has 0 aliphatic carbocycles. The van der Waals surface area contributed by atoms with E-state index in [1.165, 1.54) is 0 Å². The van der Waals surface area contributed by atoms with Gasteiger partial charge in [0.2, 0.25) is 0 Å². The van der Waals surface area contributed by atoms with E-state index in [0.717, 1.165) is 57.0 Å². The molecule has 1 aliphatic heterocycles. The molecule has 124 valence electrons. The number of tetrazole rings is 1. The Balaban J connectivity index is 1.53. The Hall–Kier alpha value is -2.09. The van der Waals surface area contributed by atoms with Gasteiger partial charge in [0.1, 0.15) is 0 Å². The molecule has 3 rings (SSSR count). The van der Waals surface area contributed by atoms with Crippen LogP contribution in [0.25, 0.3) is 0 Å². The van der Waals surface area contributed by atoms with Gasteiger partial charge >= 0.3 is 0 Å². The van der Waals surface area contributed by atoms with Gasteiger partial charge in [-0.15, -0.1) is 10.2 Å². The van der Waals surface area contributed by atoms with Crippen LogP contribution in [-0.2, 0) is 13.1 Å². The maximum absolute atomic E-state index is 4.21. The Bertz CT molecular complexity index is 584. The second kappa shape index (κ2) is 7.96. The van der Waals surface area contributed by atoms with Gasteiger partial charge in [0.25, 0.3) is 0 Å². The molecule has 0 amide bonds. The molecule has 1 saturated heterocycles. The molecule has 8 heteroatoms. The van der Waals surface area contributed by atoms with Gasteiger partial charge in [0.05, 0.1) is 6.54 Å². The molecule has 0 unspecified atom stereocenters. The van der Waals surface area contributed by atoms with Crippen molar-refractivity contribution in [2.45, 2.75) is 51.7 Å². The first-order valence-electron chi connectivity index (χ1n) is 8.38. The number of nitrogens with one attached hydrogen (secondary N) is 1. The average Bonchev–Trinajstić information content (AvgIpc) is 3.06. The first-order chi connectivity index (χ1) is 11.4. The predicted octanol–water partition coefficient (Wildman–Crippen LogP) is 1.02. The van der Waals surface area contributed by atoms with Crippen molar-refractivity contribution in [2.75, 3.05) is 18.0 Å². The van der Waals surface area contributed by atoms with Crippen molar-refractivity contribution in [3.8, 4) is 0 Å². The minimum absolute atomic E-state index is 0.419. The molecule has 1 N–H and O–H groups in total. The Labute approximate surface area is 136 Å². The van der Waals surface area contributed by atoms with Crippen LogP contribution in [0.2, 0.25) is 0 Å². The van der Waals surface area contributed by atoms with Crippen LogP contribution in [0.15, 0.2) is 18.3 Å². The number of piperidine rings is 1. The van der Waals surface area contributed by atoms with E-state index in [2.05, 4.69) is 42.9 Å². The van der Waals surface area contributed by atoms with E-state index >= 15 is 0 Å². The Morgan fingerprint density at radius 3 is 3.13 bits per heavy atom. The molecule has 1 atom stereocenters. The molecule has 3 heterocycles. The largest absolute Gasteiger partial charge is 0.354 e. The van der Waals surface area contributed by atoms with Crippen molar-refractivity contribution < 1.29 is 0 Å². The second-order valence-electron chi connectivity index (χ2n) is 5.92. The fourth-order valence-electron chi connectivity index (χ4n) is 2.88. The lowest BCUT2D eigenvalue weighted by molar-refractivity contribution is 0.407. The number of aryl methyl sites for hydroxylation is 1. The van der Waals surface area contributed by atoms with Crippen LogP contribution >= 0.6 is 0 Å². The van der Waals surface area contributed by atoms with Gasteiger partial charge in [0.15, 0.2) is 11.6 Å². The number of nitrogens with zero attached hydrogens (tertiary/aromatic N) is 7. The topological polar surface area (TPSA) is 84.7 Å². The number of unbranched alkanes of at least 4 members (excludes halogenated alkanes) is 1. The van der Waals surface area contributed by atoms with E-state index in [9.17, 15) is 0 Å². The van der Waals surface area contributed by atoms with Crippen molar-refractivity contribution in [3.05, 3.63) is 24.2 Å². The Morgan fingerprint density at radius 2 is 2.30 bits per heavy atom. The summed E-state index contributed by atoms with van der Waals surface area (Å²) >= 11 is 0. The SMILES string of the molecule is CCCCn1nnnc1CN[C@H]1CCCN(c2cccnn2)C1. The summed E-state index contributed by atoms with van der Waals surface area (Å²) in [5, 5.41) is 23.8. The van der Waals surface area contributed by atoms with Crippen LogP contribution in [0.1, 0.15) is 38.4 Å². The summed E-state index contributed by atoms with van der Waals surface area (Å²) in [6, 6.07) is 4.36. The smallest absolute Gasteiger partial charge is 0.165 e. The van der Waals surface area contributed by atoms with Crippen molar-refractivity contribution in [2.24, 2.45) is 0 Å². The van der Waals surface area contributed by atoms with E-state index in [1.54, 1.807) is 6.20 Å². The maximum atomic E-state index is 4.21. The molecule has 0 spiro atoms. The van der Waals surface area contributed by atoms with E-state index in [-0.39, 0.29) is 0 Å². The highest BCUT2D eigenvalue weighted by atomic mass is 15.5. The molecular formula is C15H24N8. The van der Waals surface area contributed by atoms with Crippen LogP contribution < -0.4 is 10.2 Å². The first-order valence-corrected chi connectivity index (χ1v) is 8.38. The summed E-state index contributed by atoms with van der Waals surface area (Å²) in [4.78, 5) is 2.29. The molecule has 2 aromatic rings. The summed E-state index contributed by atoms with van der Waals surface area (Å²) in [6.07, 6.45) is 6.26. The van der Waals surface area contributed by atoms with Gasteiger partial charge in [0, 0.05) is 31.9 Å². The second-order valence-corrected chi connectivity index (χ2v) is 5.92. The molecule has 0 aromatic carbocycles. The highest BCUT2D eigenvalue weighted by molar-refractivity contribution is 5.37. The molecule has 0 saturated carbocycles. The van der Waals surface area contributed by atoms with Gasteiger partial charge in [-0.1, -0.05) is 13.3 Å². The minimum atomic E-state index is 0.419. The molecule has 8 nitrogen and oxygen atoms in total. The molecule has 23 heavy (non-hydrogen) atoms. The number of rotatable bonds is 7. The number of anilines is 1. The number of hydrogen-bond donors (Lipinski definition) is 1. The minimum Gasteiger partial charge on any atom is -0.354 e. The molecule has 0 bridgehead atoms. The van der Waals surface area contributed by atoms with Crippen molar-refractivity contribution in [1.82, 2.24) is 35.7 Å². The van der Waals surface area contributed by atoms with E-state index in [1.807, 2.05) is 16.8 Å². The predicted molar refractivity (Wildman–Crippen MR) is 86.8 cm³/mol. The summed E-state index contributed by atoms with van der Waals surface area (Å²) < 4.78 is 1.90. The van der Waals surface area contributed by atoms with E-state index in [4.69, 9.17) is 0 Å². The average molecular weight is 316 g/mol. The summed E-state index contributed by atoms with van der Waals surface area (Å²) in [7, 11) is 0. The summed E-state index contributed by atoms with van der Waals surface area (Å²) in [5.74, 6) is 1.86. The Kier molecular flexibility index (Phi) is 5.46. The van der Waals surface area contributed by atoms with Crippen LogP contribution in [0.4, 0.5) is 5.82 Å². The molecule has 2 aromatic heterocycles. The quantitative estimate of drug-likeness (QED) is 0.816. The Morgan fingerprint density at radius 1 is 1.35 bits per heavy atom. The zero-order chi connectivity index (χ0) is 15.9. The van der Waals surface area contributed by atoms with E-state index in [0.29, 0.717) is 12.6 Å². The molecular weight excluding hydrogens is 292 g/mol. The monoisotopic (exact) mass is 316 g/mol. The van der Waals surface area contributed by atoms with Gasteiger partial charge in [-0.3, -0.25) is 0 Å². The lowest BCUT2D eigenvalue weighted by Gasteiger charge is -2.33. The van der Waals surface area contributed by atoms with Crippen molar-refractivity contribution in [3.63, 3.8) is 0 Å². The summed E-state index contributed by atoms with van der Waals surface area (Å²) in [6.45, 7) is 5.73. The molecule has 0 radical (unpaired) electrons. The lowest BCUT2D eigenvalue weighted by atomic mass is 10.1. The zero-order valence-corrected chi connectivity index (χ0v) is 13.6. The lowest BCUT2D eigenvalue weighted by Crippen LogP contribution is -2.46. The highest BCUT2D eigenvalue weighted by Gasteiger charge is 2.21. The third-order valence-corrected chi connectivity index (χ3v) is 4.18. The van der Waals surface area contributed by atoms with Gasteiger partial charge < -0.3 is 10.2 Å². The van der Waals surface area contributed by atoms with Gasteiger partial charge in [-0.25, -0.2) is 4.68 Å². The van der Waals surface area contributed by atoms with Crippen LogP contribution in [-0.4, -0.2) is 49.5 Å². The van der Waals surface area contributed by atoms with Crippen molar-refractivity contribution >= 4 is 5.82 Å². The fourth-order valence-corrected chi connectivity index (χ4v) is 2.88. The highest BCUT2D eigenvalue weighted by Crippen LogP contribution is 2.16. The third-order valence-electron chi connectivity index (χ3n) is 4.18. The standard InChI is InChI=1S/C15H24N8/c1-2-3-10-23-15(19-20-21-23)11-16-13-6-5-9-22(12-13)14-7-4-8-17-18-14/h4,7-8,13,16H,2-3,5-6,9-12H2,1H3/t13-/m0/s1. The number of hydrogen-bond acceptors (Lipinski definition) is 7. The van der Waals surface area contributed by atoms with Crippen LogP contribution in [0.3, 0.4) is 0 Å². The van der Waals surface area contributed by atoms with Gasteiger partial charge in [-0.05, 0) is 41.8 Å². The normalized spacial score (nSPS) is 18.3.